The van der Waals surface area contributed by atoms with Gasteiger partial charge in [0.05, 0.1) is 42.5 Å². The van der Waals surface area contributed by atoms with Gasteiger partial charge in [-0.05, 0) is 46.9 Å². The van der Waals surface area contributed by atoms with E-state index in [0.717, 1.165) is 46.9 Å². The van der Waals surface area contributed by atoms with Crippen molar-refractivity contribution in [3.05, 3.63) is 90.1 Å². The summed E-state index contributed by atoms with van der Waals surface area (Å²) in [5.41, 5.74) is 2.62. The molecule has 0 saturated heterocycles. The minimum absolute atomic E-state index is 0.184. The number of alkyl halides is 3. The summed E-state index contributed by atoms with van der Waals surface area (Å²) >= 11 is 0. The SMILES string of the molecule is [B]C([B])(c1ccnc(-c2cccc3c2oc2cc(-c4ccc(C([B])([B])C(C)(C)C(F)(F)F)cc4)ccc23)c1)C(C)(C)C. The topological polar surface area (TPSA) is 26.0 Å². The minimum Gasteiger partial charge on any atom is -0.455 e. The zero-order valence-electron chi connectivity index (χ0n) is 24.3. The third-order valence-corrected chi connectivity index (χ3v) is 8.69. The molecule has 2 heterocycles. The van der Waals surface area contributed by atoms with Gasteiger partial charge in [0, 0.05) is 22.5 Å². The zero-order chi connectivity index (χ0) is 30.9. The molecule has 2 nitrogen and oxygen atoms in total. The van der Waals surface area contributed by atoms with Gasteiger partial charge in [-0.25, -0.2) is 0 Å². The molecule has 204 valence electrons. The van der Waals surface area contributed by atoms with Crippen molar-refractivity contribution >= 4 is 53.3 Å². The van der Waals surface area contributed by atoms with E-state index in [1.165, 1.54) is 12.1 Å². The van der Waals surface area contributed by atoms with Crippen LogP contribution in [-0.4, -0.2) is 42.5 Å². The average molecular weight is 555 g/mol. The van der Waals surface area contributed by atoms with Gasteiger partial charge in [0.25, 0.3) is 0 Å². The molecule has 0 saturated carbocycles. The maximum absolute atomic E-state index is 13.7. The fraction of sp³-hybridized carbons (Fsp3) is 0.303. The lowest BCUT2D eigenvalue weighted by Crippen LogP contribution is -2.52. The van der Waals surface area contributed by atoms with E-state index in [1.54, 1.807) is 18.3 Å². The number of rotatable bonds is 5. The zero-order valence-corrected chi connectivity index (χ0v) is 24.3. The molecule has 2 aromatic heterocycles. The number of benzene rings is 3. The lowest BCUT2D eigenvalue weighted by Gasteiger charge is -2.44. The van der Waals surface area contributed by atoms with Crippen LogP contribution in [-0.2, 0) is 10.4 Å². The standard InChI is InChI=1S/C33H28B4F3NO/c1-29(2,3)31(34,35)22-15-16-41-26(18-22)25-8-6-7-24-23-14-11-20(17-27(23)42-28(24)25)19-9-12-21(13-10-19)32(36,37)30(4,5)33(38,39)40/h6-18H,1-5H3. The molecule has 5 rings (SSSR count). The van der Waals surface area contributed by atoms with E-state index in [0.29, 0.717) is 16.9 Å². The van der Waals surface area contributed by atoms with E-state index >= 15 is 0 Å². The molecule has 0 aliphatic rings. The van der Waals surface area contributed by atoms with Crippen molar-refractivity contribution < 1.29 is 17.6 Å². The molecular formula is C33H28B4F3NO. The Morgan fingerprint density at radius 1 is 0.667 bits per heavy atom. The second-order valence-corrected chi connectivity index (χ2v) is 12.6. The summed E-state index contributed by atoms with van der Waals surface area (Å²) in [6.45, 7) is 7.98. The van der Waals surface area contributed by atoms with Crippen LogP contribution in [0, 0.1) is 10.8 Å². The van der Waals surface area contributed by atoms with Gasteiger partial charge in [-0.1, -0.05) is 98.6 Å². The van der Waals surface area contributed by atoms with Crippen LogP contribution in [0.4, 0.5) is 13.2 Å². The number of furan rings is 1. The summed E-state index contributed by atoms with van der Waals surface area (Å²) in [6.07, 6.45) is -2.89. The molecule has 3 aromatic carbocycles. The van der Waals surface area contributed by atoms with Crippen LogP contribution in [0.25, 0.3) is 44.3 Å². The fourth-order valence-corrected chi connectivity index (χ4v) is 4.98. The summed E-state index contributed by atoms with van der Waals surface area (Å²) in [7, 11) is 25.2. The molecule has 0 spiro atoms. The van der Waals surface area contributed by atoms with Crippen LogP contribution < -0.4 is 0 Å². The highest BCUT2D eigenvalue weighted by molar-refractivity contribution is 6.41. The van der Waals surface area contributed by atoms with Crippen molar-refractivity contribution in [2.24, 2.45) is 10.8 Å². The van der Waals surface area contributed by atoms with Gasteiger partial charge >= 0.3 is 6.18 Å². The van der Waals surface area contributed by atoms with Gasteiger partial charge in [-0.2, -0.15) is 13.2 Å². The van der Waals surface area contributed by atoms with E-state index in [2.05, 4.69) is 4.98 Å². The van der Waals surface area contributed by atoms with Gasteiger partial charge in [-0.3, -0.25) is 4.98 Å². The maximum atomic E-state index is 13.7. The lowest BCUT2D eigenvalue weighted by atomic mass is 9.40. The van der Waals surface area contributed by atoms with Gasteiger partial charge in [-0.15, -0.1) is 0 Å². The Hall–Kier alpha value is -3.34. The first-order chi connectivity index (χ1) is 19.4. The van der Waals surface area contributed by atoms with Crippen LogP contribution >= 0.6 is 0 Å². The van der Waals surface area contributed by atoms with E-state index in [-0.39, 0.29) is 5.56 Å². The molecule has 0 unspecified atom stereocenters. The molecule has 0 N–H and O–H groups in total. The van der Waals surface area contributed by atoms with E-state index in [1.807, 2.05) is 69.3 Å². The van der Waals surface area contributed by atoms with Crippen LogP contribution in [0.15, 0.2) is 83.4 Å². The third-order valence-electron chi connectivity index (χ3n) is 8.69. The lowest BCUT2D eigenvalue weighted by molar-refractivity contribution is -0.217. The van der Waals surface area contributed by atoms with Crippen molar-refractivity contribution in [1.82, 2.24) is 4.98 Å². The smallest absolute Gasteiger partial charge is 0.393 e. The van der Waals surface area contributed by atoms with Crippen LogP contribution in [0.1, 0.15) is 45.7 Å². The van der Waals surface area contributed by atoms with Gasteiger partial charge < -0.3 is 4.42 Å². The van der Waals surface area contributed by atoms with Crippen LogP contribution in [0.2, 0.25) is 0 Å². The van der Waals surface area contributed by atoms with Gasteiger partial charge in [0.1, 0.15) is 11.2 Å². The molecule has 9 heteroatoms. The highest BCUT2D eigenvalue weighted by Gasteiger charge is 2.55. The Bertz CT molecular complexity index is 1780. The molecule has 0 aliphatic heterocycles. The van der Waals surface area contributed by atoms with E-state index in [4.69, 9.17) is 35.8 Å². The van der Waals surface area contributed by atoms with Gasteiger partial charge in [0.15, 0.2) is 0 Å². The Morgan fingerprint density at radius 2 is 1.31 bits per heavy atom. The van der Waals surface area contributed by atoms with Crippen molar-refractivity contribution in [2.45, 2.75) is 51.2 Å². The first-order valence-corrected chi connectivity index (χ1v) is 13.6. The normalized spacial score (nSPS) is 13.6. The first-order valence-electron chi connectivity index (χ1n) is 13.6. The minimum atomic E-state index is -4.58. The summed E-state index contributed by atoms with van der Waals surface area (Å²) in [5, 5.41) is -1.36. The molecule has 0 fully saturated rings. The van der Waals surface area contributed by atoms with E-state index in [9.17, 15) is 13.2 Å². The number of pyridine rings is 1. The number of halogens is 3. The summed E-state index contributed by atoms with van der Waals surface area (Å²) in [6, 6.07) is 21.9. The first kappa shape index (κ1) is 30.1. The van der Waals surface area contributed by atoms with Crippen molar-refractivity contribution in [3.63, 3.8) is 0 Å². The Labute approximate surface area is 250 Å². The summed E-state index contributed by atoms with van der Waals surface area (Å²) in [4.78, 5) is 4.59. The monoisotopic (exact) mass is 555 g/mol. The predicted octanol–water partition coefficient (Wildman–Crippen LogP) is 7.93. The second kappa shape index (κ2) is 9.86. The summed E-state index contributed by atoms with van der Waals surface area (Å²) in [5.74, 6) is 0. The third kappa shape index (κ3) is 4.79. The highest BCUT2D eigenvalue weighted by Crippen LogP contribution is 2.49. The predicted molar refractivity (Wildman–Crippen MR) is 168 cm³/mol. The molecule has 8 radical (unpaired) electrons. The molecular weight excluding hydrogens is 527 g/mol. The number of fused-ring (bicyclic) bond motifs is 3. The molecule has 0 atom stereocenters. The maximum Gasteiger partial charge on any atom is 0.393 e. The van der Waals surface area contributed by atoms with Crippen molar-refractivity contribution in [2.75, 3.05) is 0 Å². The average Bonchev–Trinajstić information content (AvgIpc) is 3.30. The number of hydrogen-bond acceptors (Lipinski definition) is 2. The Kier molecular flexibility index (Phi) is 7.07. The largest absolute Gasteiger partial charge is 0.455 e. The summed E-state index contributed by atoms with van der Waals surface area (Å²) < 4.78 is 47.4. The van der Waals surface area contributed by atoms with Crippen LogP contribution in [0.5, 0.6) is 0 Å². The molecule has 0 bridgehead atoms. The number of nitrogens with zero attached hydrogens (tertiary/aromatic N) is 1. The Morgan fingerprint density at radius 3 is 1.93 bits per heavy atom. The van der Waals surface area contributed by atoms with Crippen LogP contribution in [0.3, 0.4) is 0 Å². The van der Waals surface area contributed by atoms with E-state index < -0.39 is 27.4 Å². The highest BCUT2D eigenvalue weighted by atomic mass is 19.4. The molecule has 42 heavy (non-hydrogen) atoms. The Balaban J connectivity index is 1.54. The van der Waals surface area contributed by atoms with Crippen molar-refractivity contribution in [3.8, 4) is 22.4 Å². The fourth-order valence-electron chi connectivity index (χ4n) is 4.98. The second-order valence-electron chi connectivity index (χ2n) is 12.6. The van der Waals surface area contributed by atoms with Crippen molar-refractivity contribution in [1.29, 1.82) is 0 Å². The molecule has 5 aromatic rings. The molecule has 0 amide bonds. The molecule has 0 aliphatic carbocycles. The number of para-hydroxylation sites is 1. The number of hydrogen-bond donors (Lipinski definition) is 0. The quantitative estimate of drug-likeness (QED) is 0.206. The van der Waals surface area contributed by atoms with Gasteiger partial charge in [0.2, 0.25) is 0 Å². The number of aromatic nitrogens is 1.